The lowest BCUT2D eigenvalue weighted by atomic mass is 9.94. The third-order valence-electron chi connectivity index (χ3n) is 3.22. The van der Waals surface area contributed by atoms with Gasteiger partial charge in [-0.3, -0.25) is 0 Å². The summed E-state index contributed by atoms with van der Waals surface area (Å²) in [5.74, 6) is 0.184. The van der Waals surface area contributed by atoms with Crippen molar-refractivity contribution in [2.45, 2.75) is 40.3 Å². The van der Waals surface area contributed by atoms with E-state index in [2.05, 4.69) is 0 Å². The zero-order valence-corrected chi connectivity index (χ0v) is 13.7. The second-order valence-corrected chi connectivity index (χ2v) is 8.60. The van der Waals surface area contributed by atoms with Crippen molar-refractivity contribution in [3.63, 3.8) is 0 Å². The first kappa shape index (κ1) is 17.1. The summed E-state index contributed by atoms with van der Waals surface area (Å²) in [5, 5.41) is 0. The smallest absolute Gasteiger partial charge is 0.214 e. The Morgan fingerprint density at radius 2 is 1.80 bits per heavy atom. The zero-order chi connectivity index (χ0) is 15.4. The van der Waals surface area contributed by atoms with Gasteiger partial charge in [0.1, 0.15) is 0 Å². The summed E-state index contributed by atoms with van der Waals surface area (Å²) in [5.41, 5.74) is 7.60. The molecule has 1 rings (SSSR count). The molecule has 1 aromatic rings. The van der Waals surface area contributed by atoms with E-state index in [1.807, 2.05) is 45.0 Å². The Kier molecular flexibility index (Phi) is 5.74. The van der Waals surface area contributed by atoms with Gasteiger partial charge in [0, 0.05) is 20.1 Å². The largest absolute Gasteiger partial charge is 0.326 e. The van der Waals surface area contributed by atoms with Crippen molar-refractivity contribution in [3.8, 4) is 0 Å². The van der Waals surface area contributed by atoms with Crippen molar-refractivity contribution in [1.82, 2.24) is 4.31 Å². The van der Waals surface area contributed by atoms with Crippen LogP contribution in [0.5, 0.6) is 0 Å². The molecule has 1 aromatic carbocycles. The van der Waals surface area contributed by atoms with Crippen LogP contribution in [0.4, 0.5) is 0 Å². The van der Waals surface area contributed by atoms with Gasteiger partial charge in [0.2, 0.25) is 10.0 Å². The van der Waals surface area contributed by atoms with Gasteiger partial charge in [-0.25, -0.2) is 12.7 Å². The molecule has 0 amide bonds. The summed E-state index contributed by atoms with van der Waals surface area (Å²) in [4.78, 5) is 0. The molecule has 0 radical (unpaired) electrons. The molecule has 0 aliphatic heterocycles. The first-order chi connectivity index (χ1) is 9.14. The van der Waals surface area contributed by atoms with E-state index in [1.165, 1.54) is 4.31 Å². The fourth-order valence-electron chi connectivity index (χ4n) is 1.80. The number of nitrogens with zero attached hydrogens (tertiary/aromatic N) is 1. The minimum Gasteiger partial charge on any atom is -0.326 e. The monoisotopic (exact) mass is 298 g/mol. The lowest BCUT2D eigenvalue weighted by Gasteiger charge is -2.22. The molecule has 20 heavy (non-hydrogen) atoms. The highest BCUT2D eigenvalue weighted by molar-refractivity contribution is 7.89. The molecule has 0 heterocycles. The van der Waals surface area contributed by atoms with Crippen molar-refractivity contribution >= 4 is 10.0 Å². The van der Waals surface area contributed by atoms with Gasteiger partial charge in [-0.05, 0) is 23.0 Å². The molecule has 4 nitrogen and oxygen atoms in total. The summed E-state index contributed by atoms with van der Waals surface area (Å²) in [6, 6.07) is 7.73. The van der Waals surface area contributed by atoms with Gasteiger partial charge < -0.3 is 5.73 Å². The van der Waals surface area contributed by atoms with Crippen LogP contribution in [0, 0.1) is 5.41 Å². The number of sulfonamides is 1. The average Bonchev–Trinajstić information content (AvgIpc) is 2.36. The highest BCUT2D eigenvalue weighted by atomic mass is 32.2. The average molecular weight is 298 g/mol. The second kappa shape index (κ2) is 6.70. The fraction of sp³-hybridized carbons (Fsp3) is 0.600. The number of hydrogen-bond donors (Lipinski definition) is 1. The molecule has 0 unspecified atom stereocenters. The van der Waals surface area contributed by atoms with E-state index < -0.39 is 10.0 Å². The predicted octanol–water partition coefficient (Wildman–Crippen LogP) is 2.34. The maximum Gasteiger partial charge on any atom is 0.214 e. The molecular formula is C15H26N2O2S. The predicted molar refractivity (Wildman–Crippen MR) is 83.7 cm³/mol. The highest BCUT2D eigenvalue weighted by Gasteiger charge is 2.21. The third-order valence-corrected chi connectivity index (χ3v) is 5.02. The van der Waals surface area contributed by atoms with E-state index in [-0.39, 0.29) is 11.2 Å². The molecule has 2 N–H and O–H groups in total. The van der Waals surface area contributed by atoms with Crippen LogP contribution in [0.1, 0.15) is 38.3 Å². The topological polar surface area (TPSA) is 63.4 Å². The van der Waals surface area contributed by atoms with Crippen LogP contribution in [0.2, 0.25) is 0 Å². The molecule has 0 bridgehead atoms. The molecule has 114 valence electrons. The number of rotatable bonds is 6. The van der Waals surface area contributed by atoms with E-state index in [9.17, 15) is 8.42 Å². The lowest BCUT2D eigenvalue weighted by molar-refractivity contribution is 0.388. The molecule has 0 atom stereocenters. The maximum absolute atomic E-state index is 12.2. The van der Waals surface area contributed by atoms with Crippen molar-refractivity contribution < 1.29 is 8.42 Å². The van der Waals surface area contributed by atoms with E-state index in [1.54, 1.807) is 7.05 Å². The minimum absolute atomic E-state index is 0.0212. The van der Waals surface area contributed by atoms with Gasteiger partial charge in [-0.1, -0.05) is 45.0 Å². The molecule has 0 aliphatic carbocycles. The summed E-state index contributed by atoms with van der Waals surface area (Å²) in [6.07, 6.45) is 0.655. The van der Waals surface area contributed by atoms with Crippen molar-refractivity contribution in [3.05, 3.63) is 35.4 Å². The molecule has 0 spiro atoms. The fourth-order valence-corrected chi connectivity index (χ4v) is 3.33. The quantitative estimate of drug-likeness (QED) is 0.877. The molecule has 0 saturated heterocycles. The molecule has 0 fully saturated rings. The first-order valence-electron chi connectivity index (χ1n) is 6.86. The second-order valence-electron chi connectivity index (χ2n) is 6.41. The van der Waals surface area contributed by atoms with Gasteiger partial charge in [0.05, 0.1) is 5.75 Å². The molecule has 5 heteroatoms. The normalized spacial score (nSPS) is 12.9. The van der Waals surface area contributed by atoms with Crippen LogP contribution in [0.25, 0.3) is 0 Å². The Bertz CT molecular complexity index is 533. The van der Waals surface area contributed by atoms with Crippen LogP contribution in [-0.2, 0) is 23.1 Å². The lowest BCUT2D eigenvalue weighted by Crippen LogP contribution is -2.30. The Hall–Kier alpha value is -0.910. The van der Waals surface area contributed by atoms with Crippen LogP contribution in [0.3, 0.4) is 0 Å². The van der Waals surface area contributed by atoms with Gasteiger partial charge in [0.15, 0.2) is 0 Å². The third kappa shape index (κ3) is 5.61. The highest BCUT2D eigenvalue weighted by Crippen LogP contribution is 2.20. The molecular weight excluding hydrogens is 272 g/mol. The summed E-state index contributed by atoms with van der Waals surface area (Å²) in [7, 11) is -1.58. The number of benzene rings is 1. The maximum atomic E-state index is 12.2. The van der Waals surface area contributed by atoms with Crippen molar-refractivity contribution in [2.75, 3.05) is 12.8 Å². The Morgan fingerprint density at radius 3 is 2.35 bits per heavy atom. The standard InChI is InChI=1S/C15H26N2O2S/c1-15(2,3)8-9-20(18,19)17(4)12-14-7-5-6-13(10-14)11-16/h5-7,10H,8-9,11-12,16H2,1-4H3. The number of hydrogen-bond acceptors (Lipinski definition) is 3. The van der Waals surface area contributed by atoms with E-state index in [0.29, 0.717) is 19.5 Å². The first-order valence-corrected chi connectivity index (χ1v) is 8.47. The minimum atomic E-state index is -3.21. The van der Waals surface area contributed by atoms with Crippen LogP contribution in [-0.4, -0.2) is 25.5 Å². The zero-order valence-electron chi connectivity index (χ0n) is 12.9. The summed E-state index contributed by atoms with van der Waals surface area (Å²) in [6.45, 7) is 7.00. The Balaban J connectivity index is 2.71. The SMILES string of the molecule is CN(Cc1cccc(CN)c1)S(=O)(=O)CCC(C)(C)C. The van der Waals surface area contributed by atoms with E-state index in [4.69, 9.17) is 5.73 Å². The van der Waals surface area contributed by atoms with Crippen LogP contribution in [0.15, 0.2) is 24.3 Å². The van der Waals surface area contributed by atoms with E-state index in [0.717, 1.165) is 11.1 Å². The van der Waals surface area contributed by atoms with E-state index >= 15 is 0 Å². The Labute approximate surface area is 123 Å². The van der Waals surface area contributed by atoms with Crippen molar-refractivity contribution in [2.24, 2.45) is 11.1 Å². The van der Waals surface area contributed by atoms with Gasteiger partial charge >= 0.3 is 0 Å². The van der Waals surface area contributed by atoms with Gasteiger partial charge in [-0.2, -0.15) is 0 Å². The van der Waals surface area contributed by atoms with Crippen LogP contribution >= 0.6 is 0 Å². The van der Waals surface area contributed by atoms with Crippen molar-refractivity contribution in [1.29, 1.82) is 0 Å². The molecule has 0 aromatic heterocycles. The molecule has 0 aliphatic rings. The summed E-state index contributed by atoms with van der Waals surface area (Å²) >= 11 is 0. The number of nitrogens with two attached hydrogens (primary N) is 1. The van der Waals surface area contributed by atoms with Crippen LogP contribution < -0.4 is 5.73 Å². The van der Waals surface area contributed by atoms with Gasteiger partial charge in [-0.15, -0.1) is 0 Å². The molecule has 0 saturated carbocycles. The summed E-state index contributed by atoms with van der Waals surface area (Å²) < 4.78 is 25.9. The Morgan fingerprint density at radius 1 is 1.20 bits per heavy atom. The van der Waals surface area contributed by atoms with Gasteiger partial charge in [0.25, 0.3) is 0 Å².